The van der Waals surface area contributed by atoms with Gasteiger partial charge in [-0.05, 0) is 42.9 Å². The monoisotopic (exact) mass is 355 g/mol. The molecule has 3 rings (SSSR count). The van der Waals surface area contributed by atoms with Crippen LogP contribution < -0.4 is 0 Å². The summed E-state index contributed by atoms with van der Waals surface area (Å²) in [5.74, 6) is -1.96. The average molecular weight is 355 g/mol. The smallest absolute Gasteiger partial charge is 0.416 e. The minimum Gasteiger partial charge on any atom is -0.481 e. The fourth-order valence-electron chi connectivity index (χ4n) is 3.15. The first kappa shape index (κ1) is 17.8. The van der Waals surface area contributed by atoms with E-state index in [0.717, 1.165) is 30.5 Å². The van der Waals surface area contributed by atoms with Crippen molar-refractivity contribution in [3.63, 3.8) is 0 Å². The maximum atomic E-state index is 12.7. The Bertz CT molecular complexity index is 667. The van der Waals surface area contributed by atoms with E-state index in [-0.39, 0.29) is 30.3 Å². The van der Waals surface area contributed by atoms with Crippen molar-refractivity contribution in [1.29, 1.82) is 0 Å². The highest BCUT2D eigenvalue weighted by Crippen LogP contribution is 2.50. The SMILES string of the molecule is CC(CN(C(=O)C1CC1c1ccc(C(F)(F)F)cc1)C1CC1)C(=O)O. The molecule has 0 saturated heterocycles. The molecule has 4 nitrogen and oxygen atoms in total. The lowest BCUT2D eigenvalue weighted by molar-refractivity contribution is -0.143. The Balaban J connectivity index is 1.65. The molecule has 0 bridgehead atoms. The van der Waals surface area contributed by atoms with Crippen molar-refractivity contribution in [2.75, 3.05) is 6.54 Å². The summed E-state index contributed by atoms with van der Waals surface area (Å²) in [5.41, 5.74) is 0.0306. The number of halogens is 3. The van der Waals surface area contributed by atoms with E-state index in [1.54, 1.807) is 11.8 Å². The van der Waals surface area contributed by atoms with Gasteiger partial charge in [0.1, 0.15) is 0 Å². The Morgan fingerprint density at radius 3 is 2.32 bits per heavy atom. The number of carbonyl (C=O) groups excluding carboxylic acids is 1. The van der Waals surface area contributed by atoms with Gasteiger partial charge in [0.2, 0.25) is 5.91 Å². The number of hydrogen-bond acceptors (Lipinski definition) is 2. The zero-order chi connectivity index (χ0) is 18.4. The lowest BCUT2D eigenvalue weighted by atomic mass is 10.1. The van der Waals surface area contributed by atoms with Gasteiger partial charge in [-0.25, -0.2) is 0 Å². The molecule has 2 saturated carbocycles. The second-order valence-electron chi connectivity index (χ2n) is 7.03. The predicted octanol–water partition coefficient (Wildman–Crippen LogP) is 3.52. The summed E-state index contributed by atoms with van der Waals surface area (Å²) in [6.45, 7) is 1.76. The van der Waals surface area contributed by atoms with Crippen molar-refractivity contribution in [3.05, 3.63) is 35.4 Å². The van der Waals surface area contributed by atoms with Gasteiger partial charge in [-0.2, -0.15) is 13.2 Å². The van der Waals surface area contributed by atoms with Crippen LogP contribution in [0, 0.1) is 11.8 Å². The number of nitrogens with zero attached hydrogens (tertiary/aromatic N) is 1. The van der Waals surface area contributed by atoms with Crippen molar-refractivity contribution >= 4 is 11.9 Å². The molecule has 136 valence electrons. The third-order valence-electron chi connectivity index (χ3n) is 4.94. The minimum atomic E-state index is -4.37. The summed E-state index contributed by atoms with van der Waals surface area (Å²) in [7, 11) is 0. The molecule has 2 fully saturated rings. The van der Waals surface area contributed by atoms with Gasteiger partial charge in [-0.3, -0.25) is 9.59 Å². The Morgan fingerprint density at radius 1 is 1.24 bits per heavy atom. The maximum Gasteiger partial charge on any atom is 0.416 e. The lowest BCUT2D eigenvalue weighted by Gasteiger charge is -2.24. The lowest BCUT2D eigenvalue weighted by Crippen LogP contribution is -2.39. The number of aliphatic carboxylic acids is 1. The summed E-state index contributed by atoms with van der Waals surface area (Å²) in [5, 5.41) is 9.06. The molecule has 7 heteroatoms. The standard InChI is InChI=1S/C18H20F3NO3/c1-10(17(24)25)9-22(13-6-7-13)16(23)15-8-14(15)11-2-4-12(5-3-11)18(19,20)21/h2-5,10,13-15H,6-9H2,1H3,(H,24,25). The summed E-state index contributed by atoms with van der Waals surface area (Å²) >= 11 is 0. The van der Waals surface area contributed by atoms with E-state index in [2.05, 4.69) is 0 Å². The van der Waals surface area contributed by atoms with Crippen LogP contribution in [0.4, 0.5) is 13.2 Å². The summed E-state index contributed by atoms with van der Waals surface area (Å²) < 4.78 is 37.9. The fourth-order valence-corrected chi connectivity index (χ4v) is 3.15. The molecule has 3 unspecified atom stereocenters. The molecule has 0 spiro atoms. The van der Waals surface area contributed by atoms with E-state index < -0.39 is 23.6 Å². The number of alkyl halides is 3. The molecule has 1 amide bonds. The minimum absolute atomic E-state index is 0.0690. The van der Waals surface area contributed by atoms with Crippen molar-refractivity contribution in [2.45, 2.75) is 44.3 Å². The number of carboxylic acids is 1. The van der Waals surface area contributed by atoms with Crippen LogP contribution in [-0.2, 0) is 15.8 Å². The van der Waals surface area contributed by atoms with Crippen LogP contribution in [0.1, 0.15) is 43.2 Å². The van der Waals surface area contributed by atoms with Crippen LogP contribution in [0.15, 0.2) is 24.3 Å². The van der Waals surface area contributed by atoms with Crippen LogP contribution in [0.3, 0.4) is 0 Å². The molecule has 0 aliphatic heterocycles. The molecule has 0 aromatic heterocycles. The van der Waals surface area contributed by atoms with E-state index in [1.807, 2.05) is 0 Å². The van der Waals surface area contributed by atoms with Crippen LogP contribution in [0.5, 0.6) is 0 Å². The molecule has 0 heterocycles. The largest absolute Gasteiger partial charge is 0.481 e. The molecule has 0 radical (unpaired) electrons. The molecular formula is C18H20F3NO3. The normalized spacial score (nSPS) is 23.8. The van der Waals surface area contributed by atoms with E-state index in [4.69, 9.17) is 5.11 Å². The molecule has 2 aliphatic carbocycles. The van der Waals surface area contributed by atoms with Crippen LogP contribution >= 0.6 is 0 Å². The molecule has 2 aliphatic rings. The molecule has 1 aromatic carbocycles. The van der Waals surface area contributed by atoms with Gasteiger partial charge in [-0.15, -0.1) is 0 Å². The predicted molar refractivity (Wildman–Crippen MR) is 83.8 cm³/mol. The highest BCUT2D eigenvalue weighted by Gasteiger charge is 2.48. The van der Waals surface area contributed by atoms with Gasteiger partial charge >= 0.3 is 12.1 Å². The molecule has 1 N–H and O–H groups in total. The fraction of sp³-hybridized carbons (Fsp3) is 0.556. The highest BCUT2D eigenvalue weighted by atomic mass is 19.4. The van der Waals surface area contributed by atoms with E-state index >= 15 is 0 Å². The van der Waals surface area contributed by atoms with Gasteiger partial charge in [0.05, 0.1) is 11.5 Å². The Hall–Kier alpha value is -2.05. The zero-order valence-electron chi connectivity index (χ0n) is 13.8. The first-order chi connectivity index (χ1) is 11.7. The van der Waals surface area contributed by atoms with Gasteiger partial charge in [-0.1, -0.05) is 19.1 Å². The van der Waals surface area contributed by atoms with E-state index in [0.29, 0.717) is 6.42 Å². The highest BCUT2D eigenvalue weighted by molar-refractivity contribution is 5.84. The van der Waals surface area contributed by atoms with E-state index in [9.17, 15) is 22.8 Å². The van der Waals surface area contributed by atoms with Crippen LogP contribution in [-0.4, -0.2) is 34.5 Å². The number of hydrogen-bond donors (Lipinski definition) is 1. The topological polar surface area (TPSA) is 57.6 Å². The van der Waals surface area contributed by atoms with Gasteiger partial charge < -0.3 is 10.0 Å². The van der Waals surface area contributed by atoms with Crippen LogP contribution in [0.2, 0.25) is 0 Å². The van der Waals surface area contributed by atoms with Crippen molar-refractivity contribution in [1.82, 2.24) is 4.90 Å². The number of carboxylic acid groups (broad SMARTS) is 1. The summed E-state index contributed by atoms with van der Waals surface area (Å²) in [6, 6.07) is 5.06. The third-order valence-corrected chi connectivity index (χ3v) is 4.94. The van der Waals surface area contributed by atoms with Gasteiger partial charge in [0.25, 0.3) is 0 Å². The molecule has 3 atom stereocenters. The quantitative estimate of drug-likeness (QED) is 0.849. The first-order valence-corrected chi connectivity index (χ1v) is 8.39. The van der Waals surface area contributed by atoms with E-state index in [1.165, 1.54) is 12.1 Å². The van der Waals surface area contributed by atoms with Crippen LogP contribution in [0.25, 0.3) is 0 Å². The average Bonchev–Trinajstić information content (AvgIpc) is 3.44. The summed E-state index contributed by atoms with van der Waals surface area (Å²) in [6.07, 6.45) is -1.99. The van der Waals surface area contributed by atoms with Crippen molar-refractivity contribution in [2.24, 2.45) is 11.8 Å². The Kier molecular flexibility index (Phi) is 4.51. The maximum absolute atomic E-state index is 12.7. The Morgan fingerprint density at radius 2 is 1.84 bits per heavy atom. The molecule has 25 heavy (non-hydrogen) atoms. The number of benzene rings is 1. The molecule has 1 aromatic rings. The third kappa shape index (κ3) is 3.96. The number of carbonyl (C=O) groups is 2. The molecular weight excluding hydrogens is 335 g/mol. The van der Waals surface area contributed by atoms with Gasteiger partial charge in [0, 0.05) is 18.5 Å². The zero-order valence-corrected chi connectivity index (χ0v) is 13.8. The summed E-state index contributed by atoms with van der Waals surface area (Å²) in [4.78, 5) is 25.4. The second kappa shape index (κ2) is 6.35. The first-order valence-electron chi connectivity index (χ1n) is 8.39. The van der Waals surface area contributed by atoms with Crippen molar-refractivity contribution in [3.8, 4) is 0 Å². The Labute approximate surface area is 143 Å². The number of amides is 1. The van der Waals surface area contributed by atoms with Crippen molar-refractivity contribution < 1.29 is 27.9 Å². The van der Waals surface area contributed by atoms with Gasteiger partial charge in [0.15, 0.2) is 0 Å². The second-order valence-corrected chi connectivity index (χ2v) is 7.03. The number of rotatable bonds is 6.